The number of aryl methyl sites for hydroxylation is 2. The van der Waals surface area contributed by atoms with Gasteiger partial charge < -0.3 is 0 Å². The van der Waals surface area contributed by atoms with E-state index in [1.165, 1.54) is 16.7 Å². The second kappa shape index (κ2) is 12.6. The van der Waals surface area contributed by atoms with E-state index in [0.717, 1.165) is 60.8 Å². The average Bonchev–Trinajstić information content (AvgIpc) is 3.28. The Morgan fingerprint density at radius 3 is 2.12 bits per heavy atom. The predicted molar refractivity (Wildman–Crippen MR) is 169 cm³/mol. The summed E-state index contributed by atoms with van der Waals surface area (Å²) in [6, 6.07) is 13.1. The SMILES string of the molecule is Cc1ccc(CC2CCC(C(=O)c3cc4c(cc3C)C(CCC(=O)C(C)(C)C)C=C4C(C)C(=O)C(C)C)CC2)cc1. The van der Waals surface area contributed by atoms with Crippen LogP contribution >= 0.6 is 0 Å². The zero-order chi connectivity index (χ0) is 30.1. The Morgan fingerprint density at radius 1 is 0.902 bits per heavy atom. The van der Waals surface area contributed by atoms with Crippen molar-refractivity contribution < 1.29 is 14.4 Å². The van der Waals surface area contributed by atoms with Gasteiger partial charge in [0.05, 0.1) is 0 Å². The minimum Gasteiger partial charge on any atom is -0.299 e. The molecule has 2 aliphatic rings. The molecule has 0 amide bonds. The number of benzene rings is 2. The molecule has 4 rings (SSSR count). The molecule has 0 spiro atoms. The summed E-state index contributed by atoms with van der Waals surface area (Å²) in [7, 11) is 0. The number of carbonyl (C=O) groups is 3. The Balaban J connectivity index is 1.54. The third kappa shape index (κ3) is 7.16. The highest BCUT2D eigenvalue weighted by molar-refractivity contribution is 6.02. The molecule has 2 atom stereocenters. The number of rotatable bonds is 10. The zero-order valence-electron chi connectivity index (χ0n) is 26.6. The van der Waals surface area contributed by atoms with Crippen molar-refractivity contribution in [3.05, 3.63) is 75.9 Å². The number of hydrogen-bond acceptors (Lipinski definition) is 3. The van der Waals surface area contributed by atoms with Gasteiger partial charge in [-0.3, -0.25) is 14.4 Å². The van der Waals surface area contributed by atoms with Crippen molar-refractivity contribution in [2.24, 2.45) is 29.1 Å². The van der Waals surface area contributed by atoms with E-state index >= 15 is 0 Å². The second-order valence-corrected chi connectivity index (χ2v) is 14.2. The number of carbonyl (C=O) groups excluding carboxylic acids is 3. The molecule has 1 saturated carbocycles. The molecular formula is C38H50O3. The summed E-state index contributed by atoms with van der Waals surface area (Å²) in [4.78, 5) is 39.8. The van der Waals surface area contributed by atoms with Crippen LogP contribution in [0.15, 0.2) is 42.5 Å². The quantitative estimate of drug-likeness (QED) is 0.275. The first kappa shape index (κ1) is 31.1. The van der Waals surface area contributed by atoms with E-state index in [-0.39, 0.29) is 46.4 Å². The largest absolute Gasteiger partial charge is 0.299 e. The number of Topliss-reactive ketones (excluding diaryl/α,β-unsaturated/α-hetero) is 3. The van der Waals surface area contributed by atoms with Crippen molar-refractivity contribution >= 4 is 22.9 Å². The smallest absolute Gasteiger partial charge is 0.166 e. The summed E-state index contributed by atoms with van der Waals surface area (Å²) in [5, 5.41) is 0. The van der Waals surface area contributed by atoms with Crippen LogP contribution in [0.25, 0.3) is 5.57 Å². The lowest BCUT2D eigenvalue weighted by Crippen LogP contribution is -2.24. The van der Waals surface area contributed by atoms with Gasteiger partial charge in [0.25, 0.3) is 0 Å². The maximum absolute atomic E-state index is 13.9. The average molecular weight is 555 g/mol. The standard InChI is InChI=1S/C38H50O3/c1-23(2)36(40)26(5)32-21-30(17-18-35(39)38(6,7)8)33-19-25(4)31(22-34(32)33)37(41)29-15-13-28(14-16-29)20-27-11-9-24(3)10-12-27/h9-12,19,21-23,26,28-30H,13-18,20H2,1-8H3. The van der Waals surface area contributed by atoms with Gasteiger partial charge in [0.1, 0.15) is 11.6 Å². The van der Waals surface area contributed by atoms with Crippen molar-refractivity contribution in [1.29, 1.82) is 0 Å². The van der Waals surface area contributed by atoms with Crippen LogP contribution in [0.2, 0.25) is 0 Å². The molecule has 0 aliphatic heterocycles. The second-order valence-electron chi connectivity index (χ2n) is 14.2. The molecule has 0 aromatic heterocycles. The van der Waals surface area contributed by atoms with Crippen LogP contribution in [0.1, 0.15) is 124 Å². The molecule has 220 valence electrons. The van der Waals surface area contributed by atoms with Gasteiger partial charge in [0.15, 0.2) is 5.78 Å². The van der Waals surface area contributed by atoms with Gasteiger partial charge in [-0.1, -0.05) is 83.5 Å². The molecule has 41 heavy (non-hydrogen) atoms. The van der Waals surface area contributed by atoms with Gasteiger partial charge in [-0.25, -0.2) is 0 Å². The van der Waals surface area contributed by atoms with Gasteiger partial charge in [0.2, 0.25) is 0 Å². The normalized spacial score (nSPS) is 21.4. The summed E-state index contributed by atoms with van der Waals surface area (Å²) < 4.78 is 0. The molecule has 0 N–H and O–H groups in total. The van der Waals surface area contributed by atoms with Crippen LogP contribution in [0.3, 0.4) is 0 Å². The highest BCUT2D eigenvalue weighted by atomic mass is 16.1. The summed E-state index contributed by atoms with van der Waals surface area (Å²) >= 11 is 0. The summed E-state index contributed by atoms with van der Waals surface area (Å²) in [5.74, 6) is 1.23. The van der Waals surface area contributed by atoms with E-state index in [0.29, 0.717) is 12.3 Å². The Morgan fingerprint density at radius 2 is 1.54 bits per heavy atom. The lowest BCUT2D eigenvalue weighted by molar-refractivity contribution is -0.126. The van der Waals surface area contributed by atoms with Crippen molar-refractivity contribution in [1.82, 2.24) is 0 Å². The third-order valence-corrected chi connectivity index (χ3v) is 9.60. The van der Waals surface area contributed by atoms with Crippen LogP contribution in [-0.4, -0.2) is 17.3 Å². The number of fused-ring (bicyclic) bond motifs is 1. The van der Waals surface area contributed by atoms with E-state index < -0.39 is 0 Å². The highest BCUT2D eigenvalue weighted by Crippen LogP contribution is 2.45. The third-order valence-electron chi connectivity index (χ3n) is 9.60. The number of ketones is 3. The van der Waals surface area contributed by atoms with Crippen LogP contribution in [0.4, 0.5) is 0 Å². The van der Waals surface area contributed by atoms with Gasteiger partial charge in [0, 0.05) is 41.1 Å². The molecule has 3 heteroatoms. The van der Waals surface area contributed by atoms with Crippen LogP contribution in [0.5, 0.6) is 0 Å². The Hall–Kier alpha value is -2.81. The fraction of sp³-hybridized carbons (Fsp3) is 0.553. The molecule has 2 aromatic rings. The molecule has 3 nitrogen and oxygen atoms in total. The van der Waals surface area contributed by atoms with Crippen molar-refractivity contribution in [2.45, 2.75) is 106 Å². The Labute approximate surface area is 248 Å². The van der Waals surface area contributed by atoms with E-state index in [4.69, 9.17) is 0 Å². The fourth-order valence-corrected chi connectivity index (χ4v) is 6.79. The minimum atomic E-state index is -0.361. The molecule has 0 bridgehead atoms. The van der Waals surface area contributed by atoms with E-state index in [2.05, 4.69) is 56.3 Å². The van der Waals surface area contributed by atoms with Gasteiger partial charge >= 0.3 is 0 Å². The molecule has 2 unspecified atom stereocenters. The van der Waals surface area contributed by atoms with Gasteiger partial charge in [-0.15, -0.1) is 0 Å². The number of hydrogen-bond donors (Lipinski definition) is 0. The minimum absolute atomic E-state index is 0.0579. The van der Waals surface area contributed by atoms with Crippen molar-refractivity contribution in [3.8, 4) is 0 Å². The molecule has 0 saturated heterocycles. The monoisotopic (exact) mass is 554 g/mol. The Kier molecular flexibility index (Phi) is 9.56. The van der Waals surface area contributed by atoms with E-state index in [1.54, 1.807) is 0 Å². The maximum atomic E-state index is 13.9. The topological polar surface area (TPSA) is 51.2 Å². The van der Waals surface area contributed by atoms with Gasteiger partial charge in [-0.2, -0.15) is 0 Å². The van der Waals surface area contributed by atoms with Crippen molar-refractivity contribution in [2.75, 3.05) is 0 Å². The Bertz CT molecular complexity index is 1310. The van der Waals surface area contributed by atoms with Crippen LogP contribution in [-0.2, 0) is 16.0 Å². The highest BCUT2D eigenvalue weighted by Gasteiger charge is 2.34. The van der Waals surface area contributed by atoms with Crippen molar-refractivity contribution in [3.63, 3.8) is 0 Å². The first-order valence-electron chi connectivity index (χ1n) is 15.8. The molecule has 0 heterocycles. The van der Waals surface area contributed by atoms with Crippen LogP contribution < -0.4 is 0 Å². The first-order chi connectivity index (χ1) is 19.3. The summed E-state index contributed by atoms with van der Waals surface area (Å²) in [6.07, 6.45) is 8.60. The molecule has 2 aliphatic carbocycles. The molecule has 2 aromatic carbocycles. The zero-order valence-corrected chi connectivity index (χ0v) is 26.6. The first-order valence-corrected chi connectivity index (χ1v) is 15.8. The number of allylic oxidation sites excluding steroid dienone is 2. The lowest BCUT2D eigenvalue weighted by Gasteiger charge is -2.28. The molecular weight excluding hydrogens is 504 g/mol. The van der Waals surface area contributed by atoms with Gasteiger partial charge in [-0.05, 0) is 92.2 Å². The van der Waals surface area contributed by atoms with E-state index in [1.807, 2.05) is 41.5 Å². The molecule has 1 fully saturated rings. The van der Waals surface area contributed by atoms with E-state index in [9.17, 15) is 14.4 Å². The predicted octanol–water partition coefficient (Wildman–Crippen LogP) is 9.27. The summed E-state index contributed by atoms with van der Waals surface area (Å²) in [6.45, 7) is 16.0. The molecule has 0 radical (unpaired) electrons. The maximum Gasteiger partial charge on any atom is 0.166 e. The summed E-state index contributed by atoms with van der Waals surface area (Å²) in [5.41, 5.74) is 7.39. The fourth-order valence-electron chi connectivity index (χ4n) is 6.79. The lowest BCUT2D eigenvalue weighted by atomic mass is 9.75. The van der Waals surface area contributed by atoms with Crippen LogP contribution in [0, 0.1) is 42.9 Å².